The van der Waals surface area contributed by atoms with Gasteiger partial charge in [0.15, 0.2) is 11.5 Å². The lowest BCUT2D eigenvalue weighted by molar-refractivity contribution is 0.314. The zero-order valence-electron chi connectivity index (χ0n) is 22.4. The van der Waals surface area contributed by atoms with Crippen molar-refractivity contribution in [3.8, 4) is 23.0 Å². The first-order valence-electron chi connectivity index (χ1n) is 12.4. The lowest BCUT2D eigenvalue weighted by Crippen LogP contribution is -2.08. The van der Waals surface area contributed by atoms with Gasteiger partial charge in [-0.15, -0.1) is 0 Å². The predicted octanol–water partition coefficient (Wildman–Crippen LogP) is 5.80. The molecule has 0 saturated carbocycles. The summed E-state index contributed by atoms with van der Waals surface area (Å²) in [4.78, 5) is 0.604. The summed E-state index contributed by atoms with van der Waals surface area (Å²) >= 11 is 0. The van der Waals surface area contributed by atoms with Gasteiger partial charge < -0.3 is 28.7 Å². The molecule has 0 aliphatic carbocycles. The summed E-state index contributed by atoms with van der Waals surface area (Å²) in [5.41, 5.74) is 2.32. The van der Waals surface area contributed by atoms with Crippen LogP contribution in [0.5, 0.6) is 23.0 Å². The number of sulfone groups is 1. The van der Waals surface area contributed by atoms with Gasteiger partial charge >= 0.3 is 0 Å². The minimum absolute atomic E-state index is 0.0657. The molecule has 0 fully saturated rings. The normalized spacial score (nSPS) is 11.5. The van der Waals surface area contributed by atoms with Gasteiger partial charge in [0, 0.05) is 36.8 Å². The second-order valence-electron chi connectivity index (χ2n) is 9.08. The first-order chi connectivity index (χ1) is 18.3. The maximum absolute atomic E-state index is 13.6. The number of hydrogen-bond acceptors (Lipinski definition) is 7. The van der Waals surface area contributed by atoms with E-state index in [2.05, 4.69) is 5.32 Å². The van der Waals surface area contributed by atoms with Crippen LogP contribution in [0.25, 0.3) is 5.52 Å². The van der Waals surface area contributed by atoms with Gasteiger partial charge in [-0.05, 0) is 54.3 Å². The van der Waals surface area contributed by atoms with E-state index >= 15 is 0 Å². The Morgan fingerprint density at radius 1 is 0.921 bits per heavy atom. The molecule has 0 atom stereocenters. The number of aromatic nitrogens is 1. The van der Waals surface area contributed by atoms with Crippen molar-refractivity contribution >= 4 is 21.0 Å². The van der Waals surface area contributed by atoms with E-state index in [9.17, 15) is 8.42 Å². The zero-order valence-corrected chi connectivity index (χ0v) is 23.2. The molecule has 2 aromatic heterocycles. The fourth-order valence-corrected chi connectivity index (χ4v) is 6.11. The van der Waals surface area contributed by atoms with Crippen LogP contribution in [0.1, 0.15) is 31.7 Å². The number of benzene rings is 2. The van der Waals surface area contributed by atoms with E-state index in [1.165, 1.54) is 0 Å². The lowest BCUT2D eigenvalue weighted by Gasteiger charge is -2.15. The Morgan fingerprint density at radius 3 is 2.21 bits per heavy atom. The Kier molecular flexibility index (Phi) is 8.36. The third-order valence-electron chi connectivity index (χ3n) is 6.27. The van der Waals surface area contributed by atoms with Gasteiger partial charge in [-0.2, -0.15) is 0 Å². The van der Waals surface area contributed by atoms with Gasteiger partial charge in [0.25, 0.3) is 0 Å². The first-order valence-corrected chi connectivity index (χ1v) is 13.9. The number of ether oxygens (including phenoxy) is 4. The van der Waals surface area contributed by atoms with Gasteiger partial charge in [0.05, 0.1) is 38.3 Å². The minimum Gasteiger partial charge on any atom is -0.494 e. The number of hydrogen-bond donors (Lipinski definition) is 1. The van der Waals surface area contributed by atoms with Crippen molar-refractivity contribution in [2.75, 3.05) is 39.8 Å². The molecule has 38 heavy (non-hydrogen) atoms. The van der Waals surface area contributed by atoms with Crippen molar-refractivity contribution < 1.29 is 27.4 Å². The Labute approximate surface area is 224 Å². The SMILES string of the molecule is COc1cc(NCCCOc2ccc(S(=O)(=O)c3c(C(C)C)cn4ccccc34)cc2)cc(OC)c1OC. The summed E-state index contributed by atoms with van der Waals surface area (Å²) in [5.74, 6) is 2.38. The van der Waals surface area contributed by atoms with Crippen LogP contribution in [0.3, 0.4) is 0 Å². The van der Waals surface area contributed by atoms with Crippen molar-refractivity contribution in [1.29, 1.82) is 0 Å². The Bertz CT molecular complexity index is 1470. The van der Waals surface area contributed by atoms with Crippen LogP contribution >= 0.6 is 0 Å². The van der Waals surface area contributed by atoms with E-state index in [4.69, 9.17) is 18.9 Å². The molecule has 2 aromatic carbocycles. The average Bonchev–Trinajstić information content (AvgIpc) is 3.33. The Balaban J connectivity index is 1.39. The van der Waals surface area contributed by atoms with E-state index < -0.39 is 9.84 Å². The average molecular weight is 539 g/mol. The molecule has 0 spiro atoms. The van der Waals surface area contributed by atoms with Crippen molar-refractivity contribution in [3.63, 3.8) is 0 Å². The Hall–Kier alpha value is -3.85. The Morgan fingerprint density at radius 2 is 1.61 bits per heavy atom. The summed E-state index contributed by atoms with van der Waals surface area (Å²) in [6.45, 7) is 5.12. The monoisotopic (exact) mass is 538 g/mol. The molecule has 1 N–H and O–H groups in total. The lowest BCUT2D eigenvalue weighted by atomic mass is 10.1. The van der Waals surface area contributed by atoms with E-state index in [1.54, 1.807) is 45.6 Å². The number of fused-ring (bicyclic) bond motifs is 1. The molecule has 9 heteroatoms. The molecular weight excluding hydrogens is 504 g/mol. The van der Waals surface area contributed by atoms with Gasteiger partial charge in [0.2, 0.25) is 15.6 Å². The van der Waals surface area contributed by atoms with Crippen molar-refractivity contribution in [2.45, 2.75) is 36.0 Å². The number of anilines is 1. The van der Waals surface area contributed by atoms with Gasteiger partial charge in [0.1, 0.15) is 10.6 Å². The smallest absolute Gasteiger partial charge is 0.209 e. The summed E-state index contributed by atoms with van der Waals surface area (Å²) in [6.07, 6.45) is 4.50. The maximum Gasteiger partial charge on any atom is 0.209 e. The molecule has 0 amide bonds. The summed E-state index contributed by atoms with van der Waals surface area (Å²) in [7, 11) is 1.02. The fourth-order valence-electron chi connectivity index (χ4n) is 4.33. The fraction of sp³-hybridized carbons (Fsp3) is 0.310. The van der Waals surface area contributed by atoms with E-state index in [0.717, 1.165) is 17.7 Å². The van der Waals surface area contributed by atoms with Crippen LogP contribution in [0.15, 0.2) is 76.8 Å². The molecule has 4 rings (SSSR count). The molecule has 8 nitrogen and oxygen atoms in total. The molecule has 2 heterocycles. The summed E-state index contributed by atoms with van der Waals surface area (Å²) < 4.78 is 51.1. The third kappa shape index (κ3) is 5.52. The van der Waals surface area contributed by atoms with Crippen LogP contribution in [-0.4, -0.2) is 47.3 Å². The molecule has 0 saturated heterocycles. The first kappa shape index (κ1) is 27.2. The van der Waals surface area contributed by atoms with Gasteiger partial charge in [-0.1, -0.05) is 19.9 Å². The number of rotatable bonds is 12. The molecule has 202 valence electrons. The van der Waals surface area contributed by atoms with E-state index in [0.29, 0.717) is 46.6 Å². The second kappa shape index (κ2) is 11.7. The molecule has 0 unspecified atom stereocenters. The molecule has 0 aliphatic heterocycles. The molecule has 4 aromatic rings. The minimum atomic E-state index is -3.71. The van der Waals surface area contributed by atoms with Crippen LogP contribution in [0.4, 0.5) is 5.69 Å². The molecule has 0 aliphatic rings. The number of nitrogens with zero attached hydrogens (tertiary/aromatic N) is 1. The zero-order chi connectivity index (χ0) is 27.3. The summed E-state index contributed by atoms with van der Waals surface area (Å²) in [6, 6.07) is 15.9. The number of nitrogens with one attached hydrogen (secondary N) is 1. The predicted molar refractivity (Wildman–Crippen MR) is 148 cm³/mol. The van der Waals surface area contributed by atoms with E-state index in [-0.39, 0.29) is 10.8 Å². The quantitative estimate of drug-likeness (QED) is 0.228. The van der Waals surface area contributed by atoms with E-state index in [1.807, 2.05) is 61.0 Å². The van der Waals surface area contributed by atoms with Crippen molar-refractivity contribution in [3.05, 3.63) is 72.6 Å². The molecular formula is C29H34N2O6S. The topological polar surface area (TPSA) is 87.5 Å². The van der Waals surface area contributed by atoms with Crippen LogP contribution in [0, 0.1) is 0 Å². The highest BCUT2D eigenvalue weighted by Crippen LogP contribution is 2.40. The standard InChI is InChI=1S/C29H34N2O6S/c1-20(2)24-19-31-15-7-6-9-25(31)29(24)38(32,33)23-12-10-22(11-13-23)37-16-8-14-30-21-17-26(34-3)28(36-5)27(18-21)35-4/h6-7,9-13,15,17-20,30H,8,14,16H2,1-5H3. The van der Waals surface area contributed by atoms with Crippen molar-refractivity contribution in [1.82, 2.24) is 4.40 Å². The molecule has 0 bridgehead atoms. The van der Waals surface area contributed by atoms with Crippen LogP contribution in [0.2, 0.25) is 0 Å². The largest absolute Gasteiger partial charge is 0.494 e. The number of methoxy groups -OCH3 is 3. The van der Waals surface area contributed by atoms with Crippen molar-refractivity contribution in [2.24, 2.45) is 0 Å². The molecule has 0 radical (unpaired) electrons. The summed E-state index contributed by atoms with van der Waals surface area (Å²) in [5, 5.41) is 3.33. The highest BCUT2D eigenvalue weighted by Gasteiger charge is 2.27. The third-order valence-corrected chi connectivity index (χ3v) is 8.15. The second-order valence-corrected chi connectivity index (χ2v) is 11.0. The van der Waals surface area contributed by atoms with Gasteiger partial charge in [-0.3, -0.25) is 0 Å². The van der Waals surface area contributed by atoms with Gasteiger partial charge in [-0.25, -0.2) is 8.42 Å². The highest BCUT2D eigenvalue weighted by atomic mass is 32.2. The highest BCUT2D eigenvalue weighted by molar-refractivity contribution is 7.91. The maximum atomic E-state index is 13.6. The van der Waals surface area contributed by atoms with Crippen LogP contribution < -0.4 is 24.3 Å². The number of pyridine rings is 1. The van der Waals surface area contributed by atoms with Crippen LogP contribution in [-0.2, 0) is 9.84 Å².